The third kappa shape index (κ3) is 3.43. The smallest absolute Gasteiger partial charge is 0.312 e. The first-order chi connectivity index (χ1) is 13.5. The normalized spacial score (nSPS) is 16.5. The SMILES string of the molecule is O=C(c1cccc(CS(=O)c2ccccc2)c1)c1ccc2n1CCC2C(=O)O. The number of carbonyl (C=O) groups is 2. The van der Waals surface area contributed by atoms with Gasteiger partial charge in [-0.1, -0.05) is 36.4 Å². The maximum atomic E-state index is 13.0. The summed E-state index contributed by atoms with van der Waals surface area (Å²) < 4.78 is 14.3. The van der Waals surface area contributed by atoms with Crippen LogP contribution in [0.1, 0.15) is 39.6 Å². The van der Waals surface area contributed by atoms with Crippen LogP contribution in [0.3, 0.4) is 0 Å². The van der Waals surface area contributed by atoms with Crippen LogP contribution in [0.4, 0.5) is 0 Å². The average molecular weight is 393 g/mol. The molecule has 2 heterocycles. The minimum absolute atomic E-state index is 0.148. The first-order valence-corrected chi connectivity index (χ1v) is 10.4. The van der Waals surface area contributed by atoms with Crippen molar-refractivity contribution in [3.63, 3.8) is 0 Å². The van der Waals surface area contributed by atoms with Gasteiger partial charge in [-0.15, -0.1) is 0 Å². The molecular formula is C22H19NO4S. The Morgan fingerprint density at radius 1 is 1.04 bits per heavy atom. The number of hydrogen-bond donors (Lipinski definition) is 1. The van der Waals surface area contributed by atoms with Gasteiger partial charge >= 0.3 is 5.97 Å². The molecule has 0 fully saturated rings. The monoisotopic (exact) mass is 393 g/mol. The van der Waals surface area contributed by atoms with Gasteiger partial charge in [0.25, 0.3) is 0 Å². The van der Waals surface area contributed by atoms with Crippen LogP contribution in [0.2, 0.25) is 0 Å². The summed E-state index contributed by atoms with van der Waals surface area (Å²) in [5.74, 6) is -1.23. The number of fused-ring (bicyclic) bond motifs is 1. The van der Waals surface area contributed by atoms with Gasteiger partial charge in [0.05, 0.1) is 28.2 Å². The van der Waals surface area contributed by atoms with E-state index in [0.29, 0.717) is 35.7 Å². The van der Waals surface area contributed by atoms with E-state index in [-0.39, 0.29) is 5.78 Å². The van der Waals surface area contributed by atoms with Crippen LogP contribution in [-0.4, -0.2) is 25.6 Å². The quantitative estimate of drug-likeness (QED) is 0.649. The van der Waals surface area contributed by atoms with E-state index in [4.69, 9.17) is 0 Å². The zero-order chi connectivity index (χ0) is 19.7. The highest BCUT2D eigenvalue weighted by Gasteiger charge is 2.31. The maximum absolute atomic E-state index is 13.0. The Hall–Kier alpha value is -2.99. The minimum Gasteiger partial charge on any atom is -0.481 e. The van der Waals surface area contributed by atoms with Crippen molar-refractivity contribution in [3.05, 3.63) is 89.2 Å². The van der Waals surface area contributed by atoms with Crippen LogP contribution < -0.4 is 0 Å². The Bertz CT molecular complexity index is 1070. The average Bonchev–Trinajstić information content (AvgIpc) is 3.30. The zero-order valence-corrected chi connectivity index (χ0v) is 15.9. The molecule has 1 aliphatic rings. The molecule has 4 rings (SSSR count). The van der Waals surface area contributed by atoms with Crippen LogP contribution >= 0.6 is 0 Å². The van der Waals surface area contributed by atoms with Gasteiger partial charge < -0.3 is 9.67 Å². The van der Waals surface area contributed by atoms with Gasteiger partial charge in [0.1, 0.15) is 0 Å². The highest BCUT2D eigenvalue weighted by molar-refractivity contribution is 7.84. The molecule has 2 atom stereocenters. The molecule has 3 aromatic rings. The molecule has 1 N–H and O–H groups in total. The standard InChI is InChI=1S/C22H19NO4S/c24-21(20-10-9-19-18(22(25)26)11-12-23(19)20)16-6-4-5-15(13-16)14-28(27)17-7-2-1-3-8-17/h1-10,13,18H,11-12,14H2,(H,25,26). The van der Waals surface area contributed by atoms with Crippen molar-refractivity contribution in [2.45, 2.75) is 29.5 Å². The van der Waals surface area contributed by atoms with Crippen molar-refractivity contribution in [1.82, 2.24) is 4.57 Å². The molecule has 0 amide bonds. The number of aliphatic carboxylic acids is 1. The third-order valence-electron chi connectivity index (χ3n) is 5.04. The molecule has 0 radical (unpaired) electrons. The van der Waals surface area contributed by atoms with E-state index in [0.717, 1.165) is 10.5 Å². The summed E-state index contributed by atoms with van der Waals surface area (Å²) in [7, 11) is -1.18. The summed E-state index contributed by atoms with van der Waals surface area (Å²) in [4.78, 5) is 25.1. The summed E-state index contributed by atoms with van der Waals surface area (Å²) in [5.41, 5.74) is 2.52. The number of aromatic nitrogens is 1. The lowest BCUT2D eigenvalue weighted by Gasteiger charge is -2.08. The van der Waals surface area contributed by atoms with E-state index < -0.39 is 22.7 Å². The molecule has 1 aromatic heterocycles. The number of hydrogen-bond acceptors (Lipinski definition) is 3. The van der Waals surface area contributed by atoms with Crippen molar-refractivity contribution in [2.24, 2.45) is 0 Å². The molecule has 0 aliphatic carbocycles. The molecule has 28 heavy (non-hydrogen) atoms. The Kier molecular flexibility index (Phi) is 4.96. The van der Waals surface area contributed by atoms with E-state index in [1.807, 2.05) is 36.4 Å². The number of benzene rings is 2. The van der Waals surface area contributed by atoms with Crippen LogP contribution in [0.25, 0.3) is 0 Å². The second-order valence-corrected chi connectivity index (χ2v) is 8.26. The molecule has 0 spiro atoms. The number of rotatable bonds is 6. The lowest BCUT2D eigenvalue weighted by atomic mass is 10.0. The number of carboxylic acids is 1. The van der Waals surface area contributed by atoms with E-state index in [1.54, 1.807) is 34.9 Å². The minimum atomic E-state index is -1.18. The highest BCUT2D eigenvalue weighted by Crippen LogP contribution is 2.31. The molecular weight excluding hydrogens is 374 g/mol. The highest BCUT2D eigenvalue weighted by atomic mass is 32.2. The van der Waals surface area contributed by atoms with E-state index in [9.17, 15) is 18.9 Å². The Morgan fingerprint density at radius 3 is 2.57 bits per heavy atom. The van der Waals surface area contributed by atoms with E-state index >= 15 is 0 Å². The Balaban J connectivity index is 1.57. The van der Waals surface area contributed by atoms with Gasteiger partial charge in [0.15, 0.2) is 0 Å². The number of carboxylic acid groups (broad SMARTS) is 1. The molecule has 5 nitrogen and oxygen atoms in total. The van der Waals surface area contributed by atoms with Gasteiger partial charge in [-0.3, -0.25) is 13.8 Å². The number of carbonyl (C=O) groups excluding carboxylic acids is 1. The summed E-state index contributed by atoms with van der Waals surface area (Å²) >= 11 is 0. The topological polar surface area (TPSA) is 76.4 Å². The molecule has 142 valence electrons. The first-order valence-electron chi connectivity index (χ1n) is 9.04. The Morgan fingerprint density at radius 2 is 1.82 bits per heavy atom. The fourth-order valence-corrected chi connectivity index (χ4v) is 4.76. The second kappa shape index (κ2) is 7.56. The fourth-order valence-electron chi connectivity index (χ4n) is 3.65. The first kappa shape index (κ1) is 18.4. The lowest BCUT2D eigenvalue weighted by Crippen LogP contribution is -2.10. The van der Waals surface area contributed by atoms with E-state index in [2.05, 4.69) is 0 Å². The number of nitrogens with zero attached hydrogens (tertiary/aromatic N) is 1. The molecule has 2 unspecified atom stereocenters. The molecule has 0 bridgehead atoms. The zero-order valence-electron chi connectivity index (χ0n) is 15.1. The van der Waals surface area contributed by atoms with Crippen molar-refractivity contribution in [1.29, 1.82) is 0 Å². The summed E-state index contributed by atoms with van der Waals surface area (Å²) in [6.07, 6.45) is 0.502. The molecule has 0 saturated heterocycles. The molecule has 2 aromatic carbocycles. The molecule has 6 heteroatoms. The predicted molar refractivity (Wildman–Crippen MR) is 106 cm³/mol. The van der Waals surface area contributed by atoms with Gasteiger partial charge in [0, 0.05) is 22.7 Å². The van der Waals surface area contributed by atoms with Gasteiger partial charge in [-0.25, -0.2) is 0 Å². The fraction of sp³-hybridized carbons (Fsp3) is 0.182. The van der Waals surface area contributed by atoms with Crippen molar-refractivity contribution >= 4 is 22.6 Å². The molecule has 0 saturated carbocycles. The van der Waals surface area contributed by atoms with Crippen molar-refractivity contribution < 1.29 is 18.9 Å². The predicted octanol–water partition coefficient (Wildman–Crippen LogP) is 3.60. The third-order valence-corrected chi connectivity index (χ3v) is 6.43. The molecule has 1 aliphatic heterocycles. The van der Waals surface area contributed by atoms with Crippen molar-refractivity contribution in [2.75, 3.05) is 0 Å². The summed E-state index contributed by atoms with van der Waals surface area (Å²) in [6.45, 7) is 0.526. The Labute approximate surface area is 165 Å². The second-order valence-electron chi connectivity index (χ2n) is 6.81. The van der Waals surface area contributed by atoms with E-state index in [1.165, 1.54) is 0 Å². The number of ketones is 1. The van der Waals surface area contributed by atoms with Crippen LogP contribution in [0, 0.1) is 0 Å². The summed E-state index contributed by atoms with van der Waals surface area (Å²) in [6, 6.07) is 19.8. The summed E-state index contributed by atoms with van der Waals surface area (Å²) in [5, 5.41) is 9.31. The van der Waals surface area contributed by atoms with Crippen LogP contribution in [0.15, 0.2) is 71.6 Å². The largest absolute Gasteiger partial charge is 0.481 e. The van der Waals surface area contributed by atoms with Gasteiger partial charge in [0.2, 0.25) is 5.78 Å². The van der Waals surface area contributed by atoms with Gasteiger partial charge in [-0.2, -0.15) is 0 Å². The van der Waals surface area contributed by atoms with Gasteiger partial charge in [-0.05, 0) is 42.3 Å². The maximum Gasteiger partial charge on any atom is 0.312 e. The van der Waals surface area contributed by atoms with Crippen LogP contribution in [-0.2, 0) is 27.9 Å². The van der Waals surface area contributed by atoms with Crippen LogP contribution in [0.5, 0.6) is 0 Å². The lowest BCUT2D eigenvalue weighted by molar-refractivity contribution is -0.138. The van der Waals surface area contributed by atoms with Crippen molar-refractivity contribution in [3.8, 4) is 0 Å².